The fourth-order valence-corrected chi connectivity index (χ4v) is 2.64. The Hall–Kier alpha value is -1.46. The number of hydrogen-bond donors (Lipinski definition) is 1. The standard InChI is InChI=1S/C15H18ClN3OS/c1-9(17-12(20)13-18-19-14(16)21-13)10-5-7-11(8-6-10)15(2,3)4/h5-9H,1-4H3,(H,17,20). The summed E-state index contributed by atoms with van der Waals surface area (Å²) in [7, 11) is 0. The first kappa shape index (κ1) is 15.9. The number of rotatable bonds is 3. The van der Waals surface area contributed by atoms with Crippen LogP contribution in [0.3, 0.4) is 0 Å². The lowest BCUT2D eigenvalue weighted by atomic mass is 9.86. The molecule has 2 aromatic rings. The Kier molecular flexibility index (Phi) is 4.64. The van der Waals surface area contributed by atoms with Crippen molar-refractivity contribution in [2.24, 2.45) is 0 Å². The molecule has 2 rings (SSSR count). The van der Waals surface area contributed by atoms with Gasteiger partial charge in [0.25, 0.3) is 5.91 Å². The molecular weight excluding hydrogens is 306 g/mol. The predicted molar refractivity (Wildman–Crippen MR) is 85.9 cm³/mol. The average Bonchev–Trinajstić information content (AvgIpc) is 2.84. The molecule has 1 unspecified atom stereocenters. The van der Waals surface area contributed by atoms with Crippen molar-refractivity contribution < 1.29 is 4.79 Å². The van der Waals surface area contributed by atoms with Gasteiger partial charge in [0, 0.05) is 0 Å². The van der Waals surface area contributed by atoms with E-state index in [2.05, 4.69) is 48.4 Å². The topological polar surface area (TPSA) is 54.9 Å². The minimum atomic E-state index is -0.258. The van der Waals surface area contributed by atoms with Gasteiger partial charge in [-0.05, 0) is 35.1 Å². The van der Waals surface area contributed by atoms with E-state index in [1.807, 2.05) is 19.1 Å². The summed E-state index contributed by atoms with van der Waals surface area (Å²) >= 11 is 6.75. The van der Waals surface area contributed by atoms with E-state index in [4.69, 9.17) is 11.6 Å². The molecule has 1 amide bonds. The second-order valence-corrected chi connectivity index (χ2v) is 7.49. The van der Waals surface area contributed by atoms with E-state index in [-0.39, 0.29) is 26.8 Å². The second-order valence-electron chi connectivity index (χ2n) is 5.93. The predicted octanol–water partition coefficient (Wildman–Crippen LogP) is 3.98. The summed E-state index contributed by atoms with van der Waals surface area (Å²) in [5.41, 5.74) is 2.43. The van der Waals surface area contributed by atoms with Gasteiger partial charge in [-0.3, -0.25) is 4.79 Å². The second kappa shape index (κ2) is 6.12. The van der Waals surface area contributed by atoms with Gasteiger partial charge in [-0.2, -0.15) is 0 Å². The van der Waals surface area contributed by atoms with E-state index in [0.717, 1.165) is 16.9 Å². The molecule has 0 saturated carbocycles. The van der Waals surface area contributed by atoms with Crippen LogP contribution in [0.25, 0.3) is 0 Å². The smallest absolute Gasteiger partial charge is 0.282 e. The van der Waals surface area contributed by atoms with Crippen molar-refractivity contribution >= 4 is 28.8 Å². The summed E-state index contributed by atoms with van der Waals surface area (Å²) in [6, 6.07) is 8.17. The van der Waals surface area contributed by atoms with E-state index >= 15 is 0 Å². The van der Waals surface area contributed by atoms with Crippen LogP contribution in [0.1, 0.15) is 54.7 Å². The molecule has 0 aliphatic rings. The Morgan fingerprint density at radius 3 is 2.33 bits per heavy atom. The normalized spacial score (nSPS) is 13.0. The Labute approximate surface area is 133 Å². The summed E-state index contributed by atoms with van der Waals surface area (Å²) in [5.74, 6) is -0.258. The number of carbonyl (C=O) groups is 1. The lowest BCUT2D eigenvalue weighted by Gasteiger charge is -2.20. The van der Waals surface area contributed by atoms with Crippen molar-refractivity contribution in [3.05, 3.63) is 44.9 Å². The SMILES string of the molecule is CC(NC(=O)c1nnc(Cl)s1)c1ccc(C(C)(C)C)cc1. The molecule has 0 bridgehead atoms. The van der Waals surface area contributed by atoms with Crippen LogP contribution in [0.5, 0.6) is 0 Å². The highest BCUT2D eigenvalue weighted by atomic mass is 35.5. The molecular formula is C15H18ClN3OS. The molecule has 21 heavy (non-hydrogen) atoms. The zero-order chi connectivity index (χ0) is 15.6. The van der Waals surface area contributed by atoms with Gasteiger partial charge >= 0.3 is 0 Å². The first-order chi connectivity index (χ1) is 9.77. The fraction of sp³-hybridized carbons (Fsp3) is 0.400. The Balaban J connectivity index is 2.06. The number of nitrogens with zero attached hydrogens (tertiary/aromatic N) is 2. The van der Waals surface area contributed by atoms with Crippen LogP contribution in [-0.2, 0) is 5.41 Å². The van der Waals surface area contributed by atoms with Gasteiger partial charge in [0.1, 0.15) is 0 Å². The maximum atomic E-state index is 12.0. The van der Waals surface area contributed by atoms with Crippen LogP contribution < -0.4 is 5.32 Å². The molecule has 6 heteroatoms. The summed E-state index contributed by atoms with van der Waals surface area (Å²) in [6.07, 6.45) is 0. The van der Waals surface area contributed by atoms with Crippen molar-refractivity contribution in [1.29, 1.82) is 0 Å². The third kappa shape index (κ3) is 4.02. The molecule has 1 N–H and O–H groups in total. The number of halogens is 1. The molecule has 1 aromatic heterocycles. The van der Waals surface area contributed by atoms with Crippen LogP contribution in [0.2, 0.25) is 4.47 Å². The number of benzene rings is 1. The third-order valence-electron chi connectivity index (χ3n) is 3.22. The zero-order valence-corrected chi connectivity index (χ0v) is 14.0. The van der Waals surface area contributed by atoms with Gasteiger partial charge in [0.05, 0.1) is 6.04 Å². The average molecular weight is 324 g/mol. The number of nitrogens with one attached hydrogen (secondary N) is 1. The summed E-state index contributed by atoms with van der Waals surface area (Å²) < 4.78 is 0.266. The molecule has 0 spiro atoms. The van der Waals surface area contributed by atoms with Gasteiger partial charge in [-0.1, -0.05) is 56.4 Å². The van der Waals surface area contributed by atoms with Crippen molar-refractivity contribution in [3.63, 3.8) is 0 Å². The largest absolute Gasteiger partial charge is 0.343 e. The van der Waals surface area contributed by atoms with Crippen molar-refractivity contribution in [3.8, 4) is 0 Å². The molecule has 0 radical (unpaired) electrons. The summed E-state index contributed by atoms with van der Waals surface area (Å²) in [4.78, 5) is 12.0. The number of carbonyl (C=O) groups excluding carboxylic acids is 1. The van der Waals surface area contributed by atoms with Crippen LogP contribution in [0.4, 0.5) is 0 Å². The van der Waals surface area contributed by atoms with E-state index in [9.17, 15) is 4.79 Å². The summed E-state index contributed by atoms with van der Waals surface area (Å²) in [5, 5.41) is 10.5. The molecule has 0 aliphatic heterocycles. The molecule has 0 aliphatic carbocycles. The zero-order valence-electron chi connectivity index (χ0n) is 12.5. The highest BCUT2D eigenvalue weighted by molar-refractivity contribution is 7.17. The fourth-order valence-electron chi connectivity index (χ4n) is 1.91. The minimum Gasteiger partial charge on any atom is -0.343 e. The Morgan fingerprint density at radius 1 is 1.24 bits per heavy atom. The molecule has 0 saturated heterocycles. The van der Waals surface area contributed by atoms with Gasteiger partial charge in [0.15, 0.2) is 0 Å². The Bertz CT molecular complexity index is 631. The van der Waals surface area contributed by atoms with Crippen LogP contribution >= 0.6 is 22.9 Å². The Morgan fingerprint density at radius 2 is 1.86 bits per heavy atom. The van der Waals surface area contributed by atoms with E-state index in [1.165, 1.54) is 5.56 Å². The molecule has 1 heterocycles. The van der Waals surface area contributed by atoms with Crippen LogP contribution in [-0.4, -0.2) is 16.1 Å². The van der Waals surface area contributed by atoms with Crippen molar-refractivity contribution in [2.45, 2.75) is 39.2 Å². The van der Waals surface area contributed by atoms with Crippen molar-refractivity contribution in [2.75, 3.05) is 0 Å². The van der Waals surface area contributed by atoms with Crippen LogP contribution in [0.15, 0.2) is 24.3 Å². The van der Waals surface area contributed by atoms with Crippen LogP contribution in [0, 0.1) is 0 Å². The number of hydrogen-bond acceptors (Lipinski definition) is 4. The van der Waals surface area contributed by atoms with Gasteiger partial charge < -0.3 is 5.32 Å². The van der Waals surface area contributed by atoms with Gasteiger partial charge in [0.2, 0.25) is 9.47 Å². The first-order valence-corrected chi connectivity index (χ1v) is 7.87. The molecule has 1 atom stereocenters. The van der Waals surface area contributed by atoms with E-state index < -0.39 is 0 Å². The highest BCUT2D eigenvalue weighted by Crippen LogP contribution is 2.24. The lowest BCUT2D eigenvalue weighted by Crippen LogP contribution is -2.26. The van der Waals surface area contributed by atoms with E-state index in [1.54, 1.807) is 0 Å². The first-order valence-electron chi connectivity index (χ1n) is 6.67. The minimum absolute atomic E-state index is 0.103. The number of amides is 1. The maximum Gasteiger partial charge on any atom is 0.282 e. The number of aromatic nitrogens is 2. The van der Waals surface area contributed by atoms with Gasteiger partial charge in [-0.15, -0.1) is 10.2 Å². The quantitative estimate of drug-likeness (QED) is 0.929. The molecule has 0 fully saturated rings. The molecule has 4 nitrogen and oxygen atoms in total. The highest BCUT2D eigenvalue weighted by Gasteiger charge is 2.17. The summed E-state index contributed by atoms with van der Waals surface area (Å²) in [6.45, 7) is 8.46. The third-order valence-corrected chi connectivity index (χ3v) is 4.24. The molecule has 1 aromatic carbocycles. The van der Waals surface area contributed by atoms with Gasteiger partial charge in [-0.25, -0.2) is 0 Å². The van der Waals surface area contributed by atoms with Crippen molar-refractivity contribution in [1.82, 2.24) is 15.5 Å². The molecule has 112 valence electrons. The monoisotopic (exact) mass is 323 g/mol. The lowest BCUT2D eigenvalue weighted by molar-refractivity contribution is 0.0939. The maximum absolute atomic E-state index is 12.0. The van der Waals surface area contributed by atoms with E-state index in [0.29, 0.717) is 0 Å².